The second-order valence-corrected chi connectivity index (χ2v) is 6.09. The van der Waals surface area contributed by atoms with Gasteiger partial charge in [0, 0.05) is 13.0 Å². The Kier molecular flexibility index (Phi) is 4.26. The van der Waals surface area contributed by atoms with Crippen molar-refractivity contribution in [1.29, 1.82) is 0 Å². The highest BCUT2D eigenvalue weighted by Crippen LogP contribution is 2.25. The van der Waals surface area contributed by atoms with Gasteiger partial charge < -0.3 is 10.2 Å². The molecule has 96 valence electrons. The standard InChI is InChI=1S/C11H17NO4S/c1-9-5-2-3-6-10(9)17(15,16)11(12,14)7-4-8-13/h2-3,5-6,13-14H,4,7-8,12H2,1H3. The van der Waals surface area contributed by atoms with E-state index in [0.717, 1.165) is 0 Å². The molecular weight excluding hydrogens is 242 g/mol. The molecule has 0 aliphatic rings. The summed E-state index contributed by atoms with van der Waals surface area (Å²) in [6.45, 7) is 1.41. The molecule has 0 saturated heterocycles. The fraction of sp³-hybridized carbons (Fsp3) is 0.455. The van der Waals surface area contributed by atoms with E-state index in [1.54, 1.807) is 25.1 Å². The van der Waals surface area contributed by atoms with Crippen LogP contribution in [0.4, 0.5) is 0 Å². The van der Waals surface area contributed by atoms with E-state index in [1.165, 1.54) is 6.07 Å². The minimum atomic E-state index is -4.02. The molecule has 4 N–H and O–H groups in total. The lowest BCUT2D eigenvalue weighted by atomic mass is 10.2. The van der Waals surface area contributed by atoms with Crippen molar-refractivity contribution in [2.75, 3.05) is 6.61 Å². The van der Waals surface area contributed by atoms with Crippen LogP contribution in [0.1, 0.15) is 18.4 Å². The van der Waals surface area contributed by atoms with E-state index in [4.69, 9.17) is 10.8 Å². The summed E-state index contributed by atoms with van der Waals surface area (Å²) in [7, 11) is -4.02. The number of hydrogen-bond acceptors (Lipinski definition) is 5. The van der Waals surface area contributed by atoms with Gasteiger partial charge in [0.05, 0.1) is 4.90 Å². The molecule has 0 heterocycles. The molecule has 1 rings (SSSR count). The molecule has 0 aromatic heterocycles. The number of aliphatic hydroxyl groups is 2. The smallest absolute Gasteiger partial charge is 0.222 e. The van der Waals surface area contributed by atoms with Crippen LogP contribution in [-0.4, -0.2) is 30.3 Å². The largest absolute Gasteiger partial charge is 0.396 e. The summed E-state index contributed by atoms with van der Waals surface area (Å²) in [5, 5.41) is 16.1. The van der Waals surface area contributed by atoms with Gasteiger partial charge in [0.15, 0.2) is 0 Å². The highest BCUT2D eigenvalue weighted by molar-refractivity contribution is 7.92. The molecule has 0 fully saturated rings. The van der Waals surface area contributed by atoms with Gasteiger partial charge in [-0.25, -0.2) is 8.42 Å². The lowest BCUT2D eigenvalue weighted by molar-refractivity contribution is 0.110. The molecule has 5 nitrogen and oxygen atoms in total. The van der Waals surface area contributed by atoms with Crippen LogP contribution in [0.15, 0.2) is 29.2 Å². The summed E-state index contributed by atoms with van der Waals surface area (Å²) in [6, 6.07) is 6.32. The second kappa shape index (κ2) is 5.14. The van der Waals surface area contributed by atoms with Crippen LogP contribution in [0, 0.1) is 6.92 Å². The van der Waals surface area contributed by atoms with E-state index in [0.29, 0.717) is 5.56 Å². The van der Waals surface area contributed by atoms with Crippen molar-refractivity contribution in [1.82, 2.24) is 0 Å². The molecule has 0 radical (unpaired) electrons. The molecule has 1 unspecified atom stereocenters. The van der Waals surface area contributed by atoms with Crippen molar-refractivity contribution in [3.63, 3.8) is 0 Å². The van der Waals surface area contributed by atoms with Crippen molar-refractivity contribution < 1.29 is 18.6 Å². The summed E-state index contributed by atoms with van der Waals surface area (Å²) in [6.07, 6.45) is -0.0850. The first-order chi connectivity index (χ1) is 7.83. The minimum Gasteiger partial charge on any atom is -0.396 e. The van der Waals surface area contributed by atoms with Gasteiger partial charge in [0.1, 0.15) is 0 Å². The maximum atomic E-state index is 12.1. The van der Waals surface area contributed by atoms with Gasteiger partial charge in [-0.2, -0.15) is 0 Å². The Labute approximate surface area is 101 Å². The summed E-state index contributed by atoms with van der Waals surface area (Å²) in [5.74, 6) is 0. The van der Waals surface area contributed by atoms with E-state index in [9.17, 15) is 13.5 Å². The van der Waals surface area contributed by atoms with Gasteiger partial charge in [-0.05, 0) is 25.0 Å². The SMILES string of the molecule is Cc1ccccc1S(=O)(=O)C(N)(O)CCCO. The van der Waals surface area contributed by atoms with Crippen LogP contribution < -0.4 is 5.73 Å². The maximum Gasteiger partial charge on any atom is 0.222 e. The fourth-order valence-electron chi connectivity index (χ4n) is 1.52. The van der Waals surface area contributed by atoms with Crippen molar-refractivity contribution in [3.05, 3.63) is 29.8 Å². The average molecular weight is 259 g/mol. The molecule has 1 aromatic carbocycles. The topological polar surface area (TPSA) is 101 Å². The third-order valence-corrected chi connectivity index (χ3v) is 4.71. The van der Waals surface area contributed by atoms with Crippen molar-refractivity contribution >= 4 is 9.84 Å². The monoisotopic (exact) mass is 259 g/mol. The third kappa shape index (κ3) is 2.84. The van der Waals surface area contributed by atoms with E-state index in [2.05, 4.69) is 0 Å². The first-order valence-electron chi connectivity index (χ1n) is 5.25. The molecule has 0 spiro atoms. The molecule has 1 atom stereocenters. The lowest BCUT2D eigenvalue weighted by Crippen LogP contribution is -2.48. The number of aliphatic hydroxyl groups excluding tert-OH is 1. The van der Waals surface area contributed by atoms with Gasteiger partial charge in [-0.15, -0.1) is 0 Å². The number of nitrogens with two attached hydrogens (primary N) is 1. The molecular formula is C11H17NO4S. The predicted molar refractivity (Wildman–Crippen MR) is 63.8 cm³/mol. The third-order valence-electron chi connectivity index (χ3n) is 2.54. The van der Waals surface area contributed by atoms with E-state index >= 15 is 0 Å². The Balaban J connectivity index is 3.15. The number of sulfone groups is 1. The molecule has 0 aliphatic heterocycles. The Morgan fingerprint density at radius 3 is 2.47 bits per heavy atom. The Morgan fingerprint density at radius 1 is 1.35 bits per heavy atom. The van der Waals surface area contributed by atoms with Crippen molar-refractivity contribution in [3.8, 4) is 0 Å². The molecule has 0 amide bonds. The number of aryl methyl sites for hydroxylation is 1. The predicted octanol–water partition coefficient (Wildman–Crippen LogP) is 0.146. The Hall–Kier alpha value is -0.950. The minimum absolute atomic E-state index is 0.0166. The quantitative estimate of drug-likeness (QED) is 0.653. The first kappa shape index (κ1) is 14.1. The summed E-state index contributed by atoms with van der Waals surface area (Å²) < 4.78 is 24.2. The van der Waals surface area contributed by atoms with Gasteiger partial charge in [0.25, 0.3) is 0 Å². The van der Waals surface area contributed by atoms with Crippen molar-refractivity contribution in [2.45, 2.75) is 29.7 Å². The maximum absolute atomic E-state index is 12.1. The van der Waals surface area contributed by atoms with E-state index < -0.39 is 14.9 Å². The van der Waals surface area contributed by atoms with Gasteiger partial charge in [0.2, 0.25) is 14.9 Å². The molecule has 1 aromatic rings. The molecule has 0 aliphatic carbocycles. The Morgan fingerprint density at radius 2 is 1.94 bits per heavy atom. The lowest BCUT2D eigenvalue weighted by Gasteiger charge is -2.23. The van der Waals surface area contributed by atoms with Gasteiger partial charge >= 0.3 is 0 Å². The zero-order valence-electron chi connectivity index (χ0n) is 9.63. The average Bonchev–Trinajstić information content (AvgIpc) is 2.26. The molecule has 6 heteroatoms. The van der Waals surface area contributed by atoms with Crippen LogP contribution in [-0.2, 0) is 9.84 Å². The second-order valence-electron chi connectivity index (χ2n) is 3.94. The number of hydrogen-bond donors (Lipinski definition) is 3. The van der Waals surface area contributed by atoms with Gasteiger partial charge in [-0.1, -0.05) is 18.2 Å². The van der Waals surface area contributed by atoms with Crippen LogP contribution in [0.5, 0.6) is 0 Å². The van der Waals surface area contributed by atoms with Crippen LogP contribution in [0.25, 0.3) is 0 Å². The van der Waals surface area contributed by atoms with Crippen LogP contribution in [0.3, 0.4) is 0 Å². The van der Waals surface area contributed by atoms with Gasteiger partial charge in [-0.3, -0.25) is 5.73 Å². The summed E-state index contributed by atoms with van der Waals surface area (Å²) in [5.41, 5.74) is 5.97. The summed E-state index contributed by atoms with van der Waals surface area (Å²) >= 11 is 0. The summed E-state index contributed by atoms with van der Waals surface area (Å²) in [4.78, 5) is 0.0166. The molecule has 0 bridgehead atoms. The molecule has 0 saturated carbocycles. The highest BCUT2D eigenvalue weighted by Gasteiger charge is 2.39. The van der Waals surface area contributed by atoms with Crippen molar-refractivity contribution in [2.24, 2.45) is 5.73 Å². The molecule has 17 heavy (non-hydrogen) atoms. The first-order valence-corrected chi connectivity index (χ1v) is 6.73. The normalized spacial score (nSPS) is 15.5. The zero-order valence-corrected chi connectivity index (χ0v) is 10.4. The van der Waals surface area contributed by atoms with Crippen LogP contribution >= 0.6 is 0 Å². The Bertz CT molecular complexity index is 482. The van der Waals surface area contributed by atoms with E-state index in [-0.39, 0.29) is 24.3 Å². The fourth-order valence-corrected chi connectivity index (χ4v) is 3.06. The number of rotatable bonds is 5. The number of benzene rings is 1. The van der Waals surface area contributed by atoms with Crippen LogP contribution in [0.2, 0.25) is 0 Å². The highest BCUT2D eigenvalue weighted by atomic mass is 32.2. The zero-order chi connectivity index (χ0) is 13.1. The van der Waals surface area contributed by atoms with E-state index in [1.807, 2.05) is 0 Å².